The maximum Gasteiger partial charge on any atom is 0.411 e. The normalized spacial score (nSPS) is 11.7. The van der Waals surface area contributed by atoms with Crippen LogP contribution < -0.4 is 10.6 Å². The lowest BCUT2D eigenvalue weighted by molar-refractivity contribution is 0.141. The summed E-state index contributed by atoms with van der Waals surface area (Å²) in [4.78, 5) is 11.2. The fourth-order valence-electron chi connectivity index (χ4n) is 1.56. The number of rotatable bonds is 7. The Hall–Kier alpha value is -1.75. The highest BCUT2D eigenvalue weighted by Gasteiger charge is 2.03. The van der Waals surface area contributed by atoms with Gasteiger partial charge in [-0.2, -0.15) is 0 Å². The minimum atomic E-state index is -0.437. The Labute approximate surface area is 114 Å². The number of amides is 1. The first-order valence-corrected chi connectivity index (χ1v) is 6.53. The van der Waals surface area contributed by atoms with E-state index in [1.807, 2.05) is 31.2 Å². The summed E-state index contributed by atoms with van der Waals surface area (Å²) >= 11 is 0. The lowest BCUT2D eigenvalue weighted by Gasteiger charge is -2.15. The highest BCUT2D eigenvalue weighted by atomic mass is 16.5. The van der Waals surface area contributed by atoms with Gasteiger partial charge in [0, 0.05) is 24.0 Å². The average Bonchev–Trinajstić information content (AvgIpc) is 2.39. The van der Waals surface area contributed by atoms with Crippen molar-refractivity contribution in [2.45, 2.75) is 26.8 Å². The van der Waals surface area contributed by atoms with E-state index < -0.39 is 6.09 Å². The van der Waals surface area contributed by atoms with E-state index in [9.17, 15) is 4.79 Å². The Morgan fingerprint density at radius 3 is 2.37 bits per heavy atom. The first-order chi connectivity index (χ1) is 9.15. The van der Waals surface area contributed by atoms with E-state index in [-0.39, 0.29) is 6.04 Å². The standard InChI is InChI=1S/C14H22N2O3/c1-4-18-10-11(3)15-12-6-8-13(9-7-12)16-14(17)19-5-2/h6-9,11,15H,4-5,10H2,1-3H3,(H,16,17). The average molecular weight is 266 g/mol. The van der Waals surface area contributed by atoms with Crippen molar-refractivity contribution >= 4 is 17.5 Å². The second kappa shape index (κ2) is 8.37. The molecule has 5 nitrogen and oxygen atoms in total. The van der Waals surface area contributed by atoms with Gasteiger partial charge >= 0.3 is 6.09 Å². The molecule has 0 saturated carbocycles. The molecule has 0 radical (unpaired) electrons. The number of carbonyl (C=O) groups is 1. The van der Waals surface area contributed by atoms with Crippen LogP contribution in [-0.4, -0.2) is 32.0 Å². The summed E-state index contributed by atoms with van der Waals surface area (Å²) in [6, 6.07) is 7.71. The number of carbonyl (C=O) groups excluding carboxylic acids is 1. The molecular formula is C14H22N2O3. The van der Waals surface area contributed by atoms with Crippen LogP contribution in [0.4, 0.5) is 16.2 Å². The predicted octanol–water partition coefficient (Wildman–Crippen LogP) is 3.09. The highest BCUT2D eigenvalue weighted by molar-refractivity contribution is 5.84. The number of hydrogen-bond donors (Lipinski definition) is 2. The molecule has 0 heterocycles. The monoisotopic (exact) mass is 266 g/mol. The van der Waals surface area contributed by atoms with E-state index in [0.717, 1.165) is 5.69 Å². The summed E-state index contributed by atoms with van der Waals surface area (Å²) in [6.45, 7) is 7.55. The predicted molar refractivity (Wildman–Crippen MR) is 76.7 cm³/mol. The fraction of sp³-hybridized carbons (Fsp3) is 0.500. The van der Waals surface area contributed by atoms with Gasteiger partial charge in [0.05, 0.1) is 13.2 Å². The van der Waals surface area contributed by atoms with Crippen molar-refractivity contribution in [3.63, 3.8) is 0 Å². The first kappa shape index (κ1) is 15.3. The van der Waals surface area contributed by atoms with Crippen LogP contribution in [0.15, 0.2) is 24.3 Å². The lowest BCUT2D eigenvalue weighted by Crippen LogP contribution is -2.21. The van der Waals surface area contributed by atoms with Gasteiger partial charge in [-0.05, 0) is 45.0 Å². The molecule has 0 saturated heterocycles. The van der Waals surface area contributed by atoms with Gasteiger partial charge < -0.3 is 14.8 Å². The van der Waals surface area contributed by atoms with E-state index in [1.54, 1.807) is 6.92 Å². The number of anilines is 2. The molecule has 1 rings (SSSR count). The Morgan fingerprint density at radius 2 is 1.79 bits per heavy atom. The second-order valence-electron chi connectivity index (χ2n) is 4.13. The molecule has 1 atom stereocenters. The molecule has 0 spiro atoms. The smallest absolute Gasteiger partial charge is 0.411 e. The third-order valence-corrected chi connectivity index (χ3v) is 2.39. The van der Waals surface area contributed by atoms with Gasteiger partial charge in [-0.1, -0.05) is 0 Å². The van der Waals surface area contributed by atoms with Crippen LogP contribution in [-0.2, 0) is 9.47 Å². The molecule has 1 aromatic carbocycles. The van der Waals surface area contributed by atoms with Crippen LogP contribution in [0.5, 0.6) is 0 Å². The molecule has 1 amide bonds. The summed E-state index contributed by atoms with van der Waals surface area (Å²) in [7, 11) is 0. The Bertz CT molecular complexity index is 379. The van der Waals surface area contributed by atoms with Gasteiger partial charge in [-0.3, -0.25) is 5.32 Å². The van der Waals surface area contributed by atoms with Crippen LogP contribution in [0.25, 0.3) is 0 Å². The Morgan fingerprint density at radius 1 is 1.16 bits per heavy atom. The van der Waals surface area contributed by atoms with E-state index in [2.05, 4.69) is 17.6 Å². The molecule has 0 aliphatic rings. The molecule has 0 bridgehead atoms. The molecule has 1 aromatic rings. The van der Waals surface area contributed by atoms with Crippen molar-refractivity contribution in [3.8, 4) is 0 Å². The maximum absolute atomic E-state index is 11.2. The van der Waals surface area contributed by atoms with Gasteiger partial charge in [0.25, 0.3) is 0 Å². The van der Waals surface area contributed by atoms with E-state index >= 15 is 0 Å². The molecule has 0 aliphatic carbocycles. The van der Waals surface area contributed by atoms with Crippen molar-refractivity contribution in [2.24, 2.45) is 0 Å². The topological polar surface area (TPSA) is 59.6 Å². The molecule has 2 N–H and O–H groups in total. The summed E-state index contributed by atoms with van der Waals surface area (Å²) in [5, 5.41) is 5.96. The van der Waals surface area contributed by atoms with Crippen LogP contribution in [0.2, 0.25) is 0 Å². The third kappa shape index (κ3) is 6.10. The van der Waals surface area contributed by atoms with Crippen molar-refractivity contribution in [3.05, 3.63) is 24.3 Å². The SMILES string of the molecule is CCOCC(C)Nc1ccc(NC(=O)OCC)cc1. The highest BCUT2D eigenvalue weighted by Crippen LogP contribution is 2.14. The molecule has 1 unspecified atom stereocenters. The summed E-state index contributed by atoms with van der Waals surface area (Å²) < 4.78 is 10.1. The van der Waals surface area contributed by atoms with Gasteiger partial charge in [0.2, 0.25) is 0 Å². The summed E-state index contributed by atoms with van der Waals surface area (Å²) in [5.41, 5.74) is 1.70. The summed E-state index contributed by atoms with van der Waals surface area (Å²) in [6.07, 6.45) is -0.437. The maximum atomic E-state index is 11.2. The number of benzene rings is 1. The van der Waals surface area contributed by atoms with Crippen LogP contribution in [0, 0.1) is 0 Å². The number of ether oxygens (including phenoxy) is 2. The zero-order valence-corrected chi connectivity index (χ0v) is 11.7. The van der Waals surface area contributed by atoms with E-state index in [4.69, 9.17) is 9.47 Å². The largest absolute Gasteiger partial charge is 0.450 e. The minimum absolute atomic E-state index is 0.240. The van der Waals surface area contributed by atoms with E-state index in [1.165, 1.54) is 0 Å². The summed E-state index contributed by atoms with van der Waals surface area (Å²) in [5.74, 6) is 0. The fourth-order valence-corrected chi connectivity index (χ4v) is 1.56. The second-order valence-corrected chi connectivity index (χ2v) is 4.13. The van der Waals surface area contributed by atoms with Crippen LogP contribution in [0.1, 0.15) is 20.8 Å². The lowest BCUT2D eigenvalue weighted by atomic mass is 10.2. The molecule has 5 heteroatoms. The molecular weight excluding hydrogens is 244 g/mol. The zero-order chi connectivity index (χ0) is 14.1. The molecule has 106 valence electrons. The first-order valence-electron chi connectivity index (χ1n) is 6.53. The van der Waals surface area contributed by atoms with Crippen LogP contribution >= 0.6 is 0 Å². The zero-order valence-electron chi connectivity index (χ0n) is 11.7. The Balaban J connectivity index is 2.45. The van der Waals surface area contributed by atoms with E-state index in [0.29, 0.717) is 25.5 Å². The van der Waals surface area contributed by atoms with Crippen molar-refractivity contribution < 1.29 is 14.3 Å². The van der Waals surface area contributed by atoms with Crippen molar-refractivity contribution in [1.29, 1.82) is 0 Å². The van der Waals surface area contributed by atoms with Crippen molar-refractivity contribution in [2.75, 3.05) is 30.5 Å². The van der Waals surface area contributed by atoms with Crippen LogP contribution in [0.3, 0.4) is 0 Å². The van der Waals surface area contributed by atoms with Gasteiger partial charge in [-0.25, -0.2) is 4.79 Å². The molecule has 0 aliphatic heterocycles. The number of nitrogens with one attached hydrogen (secondary N) is 2. The Kier molecular flexibility index (Phi) is 6.74. The third-order valence-electron chi connectivity index (χ3n) is 2.39. The van der Waals surface area contributed by atoms with Gasteiger partial charge in [0.1, 0.15) is 0 Å². The van der Waals surface area contributed by atoms with Crippen molar-refractivity contribution in [1.82, 2.24) is 0 Å². The minimum Gasteiger partial charge on any atom is -0.450 e. The molecule has 0 aromatic heterocycles. The van der Waals surface area contributed by atoms with Gasteiger partial charge in [0.15, 0.2) is 0 Å². The molecule has 19 heavy (non-hydrogen) atoms. The number of hydrogen-bond acceptors (Lipinski definition) is 4. The van der Waals surface area contributed by atoms with Gasteiger partial charge in [-0.15, -0.1) is 0 Å². The molecule has 0 fully saturated rings. The quantitative estimate of drug-likeness (QED) is 0.796.